The van der Waals surface area contributed by atoms with Gasteiger partial charge in [-0.05, 0) is 93.6 Å². The van der Waals surface area contributed by atoms with Gasteiger partial charge in [-0.1, -0.05) is 34.4 Å². The molecule has 0 amide bonds. The highest BCUT2D eigenvalue weighted by molar-refractivity contribution is 8.76. The fourth-order valence-corrected chi connectivity index (χ4v) is 12.3. The third-order valence-corrected chi connectivity index (χ3v) is 14.7. The number of carbonyl (C=O) groups excluding carboxylic acids is 1. The van der Waals surface area contributed by atoms with Crippen LogP contribution >= 0.6 is 21.6 Å². The van der Waals surface area contributed by atoms with E-state index in [9.17, 15) is 40.2 Å². The van der Waals surface area contributed by atoms with Crippen LogP contribution in [0.5, 0.6) is 17.2 Å². The van der Waals surface area contributed by atoms with Crippen LogP contribution in [0.15, 0.2) is 12.1 Å². The molecule has 0 bridgehead atoms. The molecule has 7 rings (SSSR count). The van der Waals surface area contributed by atoms with E-state index in [1.54, 1.807) is 10.8 Å². The second kappa shape index (κ2) is 14.5. The first-order valence-corrected chi connectivity index (χ1v) is 20.4. The van der Waals surface area contributed by atoms with E-state index in [0.717, 1.165) is 37.5 Å². The van der Waals surface area contributed by atoms with Crippen molar-refractivity contribution in [3.8, 4) is 17.2 Å². The molecule has 0 radical (unpaired) electrons. The second-order valence-corrected chi connectivity index (χ2v) is 17.8. The molecule has 3 heterocycles. The van der Waals surface area contributed by atoms with Gasteiger partial charge in [0.1, 0.15) is 47.1 Å². The van der Waals surface area contributed by atoms with Crippen LogP contribution in [0.3, 0.4) is 0 Å². The molecule has 3 aliphatic heterocycles. The van der Waals surface area contributed by atoms with Crippen molar-refractivity contribution in [1.82, 2.24) is 0 Å². The molecule has 2 aromatic rings. The number of aliphatic hydroxyl groups excluding tert-OH is 3. The summed E-state index contributed by atoms with van der Waals surface area (Å²) < 4.78 is 25.0. The lowest BCUT2D eigenvalue weighted by molar-refractivity contribution is -0.323. The Labute approximate surface area is 304 Å². The molecule has 280 valence electrons. The van der Waals surface area contributed by atoms with E-state index < -0.39 is 60.1 Å². The van der Waals surface area contributed by atoms with Gasteiger partial charge in [0.05, 0.1) is 29.7 Å². The van der Waals surface area contributed by atoms with Crippen LogP contribution in [0.1, 0.15) is 84.6 Å². The zero-order valence-electron chi connectivity index (χ0n) is 28.9. The van der Waals surface area contributed by atoms with E-state index in [2.05, 4.69) is 0 Å². The summed E-state index contributed by atoms with van der Waals surface area (Å²) in [5, 5.41) is 66.4. The number of carbonyl (C=O) groups is 2. The van der Waals surface area contributed by atoms with Gasteiger partial charge in [-0.25, -0.2) is 4.79 Å². The third-order valence-electron chi connectivity index (χ3n) is 12.5. The molecule has 2 saturated carbocycles. The monoisotopic (exact) mass is 748 g/mol. The Bertz CT molecular complexity index is 1660. The Morgan fingerprint density at radius 1 is 1.00 bits per heavy atom. The van der Waals surface area contributed by atoms with E-state index in [4.69, 9.17) is 18.9 Å². The number of rotatable bonds is 5. The van der Waals surface area contributed by atoms with Gasteiger partial charge in [-0.3, -0.25) is 4.79 Å². The molecule has 9 atom stereocenters. The molecular formula is C37H48O12S2. The van der Waals surface area contributed by atoms with E-state index in [0.29, 0.717) is 36.5 Å². The first-order chi connectivity index (χ1) is 24.4. The van der Waals surface area contributed by atoms with Crippen LogP contribution in [-0.4, -0.2) is 104 Å². The lowest BCUT2D eigenvalue weighted by Gasteiger charge is -2.54. The zero-order chi connectivity index (χ0) is 36.2. The standard InChI is InChI=1S/C37H48O12S2/c1-18-27(19(2)39)31(41)29-24(30(18)40)9-21(34(44)45)10-25(29)48-35-32(42)33(43)37(26(13-38)49-35)8-5-20-11-36(6-3-4-7-36)12-22-14-46-15-23(28(20)22)16-50-51-17-47-37/h9-10,20,22-23,26,28,32-33,35,38,40-43H,3-8,11-17H2,1-2H3,(H,44,45)/t20-,22+,23+,26+,28-,32+,33+,35+,37+/m0/s1. The Hall–Kier alpha value is -2.30. The summed E-state index contributed by atoms with van der Waals surface area (Å²) in [7, 11) is 3.21. The number of carboxylic acids is 1. The maximum atomic E-state index is 12.5. The average molecular weight is 749 g/mol. The predicted molar refractivity (Wildman–Crippen MR) is 190 cm³/mol. The lowest BCUT2D eigenvalue weighted by atomic mass is 9.55. The molecule has 2 aliphatic carbocycles. The van der Waals surface area contributed by atoms with E-state index in [-0.39, 0.29) is 44.6 Å². The summed E-state index contributed by atoms with van der Waals surface area (Å²) in [5.41, 5.74) is -1.63. The number of carboxylic acid groups (broad SMARTS) is 1. The number of Topliss-reactive ketones (excluding diaryl/α,β-unsaturated/α-hetero) is 1. The molecule has 6 N–H and O–H groups in total. The molecule has 0 unspecified atom stereocenters. The van der Waals surface area contributed by atoms with Crippen molar-refractivity contribution in [1.29, 1.82) is 0 Å². The van der Waals surface area contributed by atoms with Crippen molar-refractivity contribution < 1.29 is 59.2 Å². The molecule has 12 nitrogen and oxygen atoms in total. The fourth-order valence-electron chi connectivity index (χ4n) is 10.3. The number of aromatic hydroxyl groups is 2. The third kappa shape index (κ3) is 6.51. The summed E-state index contributed by atoms with van der Waals surface area (Å²) in [6.45, 7) is 3.56. The molecule has 2 aromatic carbocycles. The number of phenolic OH excluding ortho intramolecular Hbond substituents is 2. The first-order valence-electron chi connectivity index (χ1n) is 17.9. The summed E-state index contributed by atoms with van der Waals surface area (Å²) in [5.74, 6) is -0.402. The summed E-state index contributed by atoms with van der Waals surface area (Å²) in [4.78, 5) is 24.6. The van der Waals surface area contributed by atoms with Crippen LogP contribution in [0, 0.1) is 36.0 Å². The minimum Gasteiger partial charge on any atom is -0.507 e. The quantitative estimate of drug-likeness (QED) is 0.136. The Kier molecular flexibility index (Phi) is 10.5. The van der Waals surface area contributed by atoms with Crippen molar-refractivity contribution in [3.63, 3.8) is 0 Å². The maximum absolute atomic E-state index is 12.5. The molecule has 2 spiro atoms. The predicted octanol–water partition coefficient (Wildman–Crippen LogP) is 5.02. The second-order valence-electron chi connectivity index (χ2n) is 15.4. The summed E-state index contributed by atoms with van der Waals surface area (Å²) in [6, 6.07) is 2.24. The largest absolute Gasteiger partial charge is 0.507 e. The molecule has 51 heavy (non-hydrogen) atoms. The fraction of sp³-hybridized carbons (Fsp3) is 0.676. The SMILES string of the molecule is CC(=O)c1c(C)c(O)c2cc(C(=O)O)cc(O[C@@H]3O[C@H](CO)[C@]4(CC[C@H]5CC6(CCCC6)C[C@@H]6COC[C@H](CSSCO4)[C@@H]56)[C@H](O)[C@H]3O)c2c1O. The Morgan fingerprint density at radius 3 is 2.43 bits per heavy atom. The number of benzene rings is 2. The van der Waals surface area contributed by atoms with Crippen molar-refractivity contribution >= 4 is 44.1 Å². The molecular weight excluding hydrogens is 701 g/mol. The highest BCUT2D eigenvalue weighted by Crippen LogP contribution is 2.59. The molecule has 3 saturated heterocycles. The van der Waals surface area contributed by atoms with Gasteiger partial charge in [0, 0.05) is 23.3 Å². The zero-order valence-corrected chi connectivity index (χ0v) is 30.5. The minimum atomic E-state index is -1.73. The van der Waals surface area contributed by atoms with Gasteiger partial charge in [0.25, 0.3) is 0 Å². The normalized spacial score (nSPS) is 35.3. The maximum Gasteiger partial charge on any atom is 0.335 e. The highest BCUT2D eigenvalue weighted by Gasteiger charge is 2.59. The van der Waals surface area contributed by atoms with E-state index >= 15 is 0 Å². The smallest absolute Gasteiger partial charge is 0.335 e. The number of ether oxygens (including phenoxy) is 4. The van der Waals surface area contributed by atoms with E-state index in [1.165, 1.54) is 56.7 Å². The van der Waals surface area contributed by atoms with Crippen molar-refractivity contribution in [2.45, 2.75) is 95.4 Å². The molecule has 5 fully saturated rings. The van der Waals surface area contributed by atoms with Gasteiger partial charge >= 0.3 is 5.97 Å². The lowest BCUT2D eigenvalue weighted by Crippen LogP contribution is -2.69. The van der Waals surface area contributed by atoms with E-state index in [1.807, 2.05) is 0 Å². The van der Waals surface area contributed by atoms with Gasteiger partial charge < -0.3 is 49.6 Å². The van der Waals surface area contributed by atoms with Crippen LogP contribution < -0.4 is 4.74 Å². The van der Waals surface area contributed by atoms with Crippen LogP contribution in [-0.2, 0) is 14.2 Å². The molecule has 14 heteroatoms. The van der Waals surface area contributed by atoms with Crippen molar-refractivity contribution in [2.24, 2.45) is 29.1 Å². The number of ketones is 1. The Balaban J connectivity index is 1.22. The highest BCUT2D eigenvalue weighted by atomic mass is 33.1. The average Bonchev–Trinajstić information content (AvgIpc) is 3.54. The minimum absolute atomic E-state index is 0.0582. The number of fused-ring (bicyclic) bond motifs is 1. The van der Waals surface area contributed by atoms with Crippen LogP contribution in [0.25, 0.3) is 10.8 Å². The van der Waals surface area contributed by atoms with Crippen molar-refractivity contribution in [2.75, 3.05) is 31.5 Å². The van der Waals surface area contributed by atoms with Gasteiger partial charge in [-0.2, -0.15) is 0 Å². The number of phenols is 2. The van der Waals surface area contributed by atoms with Gasteiger partial charge in [0.15, 0.2) is 5.78 Å². The topological polar surface area (TPSA) is 192 Å². The van der Waals surface area contributed by atoms with Crippen LogP contribution in [0.2, 0.25) is 0 Å². The number of hydrogen-bond donors (Lipinski definition) is 6. The van der Waals surface area contributed by atoms with Gasteiger partial charge in [0.2, 0.25) is 6.29 Å². The number of aromatic carboxylic acids is 1. The first kappa shape index (κ1) is 37.0. The van der Waals surface area contributed by atoms with Gasteiger partial charge in [-0.15, -0.1) is 0 Å². The Morgan fingerprint density at radius 2 is 1.73 bits per heavy atom. The van der Waals surface area contributed by atoms with Crippen LogP contribution in [0.4, 0.5) is 0 Å². The number of aliphatic hydroxyl groups is 3. The summed E-state index contributed by atoms with van der Waals surface area (Å²) in [6.07, 6.45) is 2.08. The molecule has 5 aliphatic rings. The molecule has 0 aromatic heterocycles. The van der Waals surface area contributed by atoms with Crippen molar-refractivity contribution in [3.05, 3.63) is 28.8 Å². The summed E-state index contributed by atoms with van der Waals surface area (Å²) >= 11 is 0. The number of hydrogen-bond acceptors (Lipinski definition) is 13.